The Morgan fingerprint density at radius 3 is 2.17 bits per heavy atom. The molecule has 0 aliphatic rings. The molecule has 1 atom stereocenters. The largest absolute Gasteiger partial charge is 0.380 e. The molecule has 5 nitrogen and oxygen atoms in total. The first-order valence-electron chi connectivity index (χ1n) is 9.45. The number of methoxy groups -OCH3 is 1. The van der Waals surface area contributed by atoms with Crippen LogP contribution in [0.2, 0.25) is 0 Å². The van der Waals surface area contributed by atoms with Gasteiger partial charge in [-0.3, -0.25) is 9.59 Å². The van der Waals surface area contributed by atoms with Crippen LogP contribution < -0.4 is 10.6 Å². The SMILES string of the molecule is COCc1ccccc1C(=O)NC(Cc1ccccc1)C(=O)Nc1ccccc1. The molecule has 2 amide bonds. The number of benzene rings is 3. The van der Waals surface area contributed by atoms with Gasteiger partial charge in [0.25, 0.3) is 5.91 Å². The molecule has 0 spiro atoms. The molecule has 1 unspecified atom stereocenters. The van der Waals surface area contributed by atoms with Gasteiger partial charge < -0.3 is 15.4 Å². The first-order chi connectivity index (χ1) is 14.2. The van der Waals surface area contributed by atoms with Gasteiger partial charge in [-0.05, 0) is 29.3 Å². The predicted octanol–water partition coefficient (Wildman–Crippen LogP) is 3.81. The summed E-state index contributed by atoms with van der Waals surface area (Å²) in [5.74, 6) is -0.570. The summed E-state index contributed by atoms with van der Waals surface area (Å²) in [5.41, 5.74) is 2.92. The average Bonchev–Trinajstić information content (AvgIpc) is 2.75. The summed E-state index contributed by atoms with van der Waals surface area (Å²) in [5, 5.41) is 5.77. The minimum atomic E-state index is -0.722. The summed E-state index contributed by atoms with van der Waals surface area (Å²) < 4.78 is 5.19. The van der Waals surface area contributed by atoms with Crippen LogP contribution in [0.4, 0.5) is 5.69 Å². The number of para-hydroxylation sites is 1. The van der Waals surface area contributed by atoms with Gasteiger partial charge in [0.1, 0.15) is 6.04 Å². The molecule has 0 aliphatic carbocycles. The Morgan fingerprint density at radius 2 is 1.48 bits per heavy atom. The Bertz CT molecular complexity index is 943. The van der Waals surface area contributed by atoms with Gasteiger partial charge in [0.15, 0.2) is 0 Å². The predicted molar refractivity (Wildman–Crippen MR) is 114 cm³/mol. The zero-order valence-corrected chi connectivity index (χ0v) is 16.3. The van der Waals surface area contributed by atoms with Crippen molar-refractivity contribution in [2.24, 2.45) is 0 Å². The van der Waals surface area contributed by atoms with Crippen molar-refractivity contribution in [3.05, 3.63) is 102 Å². The first kappa shape index (κ1) is 20.3. The highest BCUT2D eigenvalue weighted by molar-refractivity contribution is 6.01. The van der Waals surface area contributed by atoms with Crippen LogP contribution in [-0.2, 0) is 22.6 Å². The lowest BCUT2D eigenvalue weighted by atomic mass is 10.0. The molecule has 0 aliphatic heterocycles. The second-order valence-electron chi connectivity index (χ2n) is 6.66. The molecule has 3 aromatic carbocycles. The van der Waals surface area contributed by atoms with Gasteiger partial charge in [0.2, 0.25) is 5.91 Å². The minimum absolute atomic E-state index is 0.266. The van der Waals surface area contributed by atoms with E-state index in [1.165, 1.54) is 0 Å². The number of hydrogen-bond acceptors (Lipinski definition) is 3. The number of ether oxygens (including phenoxy) is 1. The van der Waals surface area contributed by atoms with E-state index >= 15 is 0 Å². The van der Waals surface area contributed by atoms with E-state index < -0.39 is 6.04 Å². The molecule has 29 heavy (non-hydrogen) atoms. The molecule has 0 bridgehead atoms. The summed E-state index contributed by atoms with van der Waals surface area (Å²) in [4.78, 5) is 25.9. The van der Waals surface area contributed by atoms with Crippen molar-refractivity contribution in [3.8, 4) is 0 Å². The lowest BCUT2D eigenvalue weighted by Gasteiger charge is -2.20. The Hall–Kier alpha value is -3.44. The zero-order valence-electron chi connectivity index (χ0n) is 16.3. The van der Waals surface area contributed by atoms with Crippen LogP contribution in [0.15, 0.2) is 84.9 Å². The van der Waals surface area contributed by atoms with Gasteiger partial charge in [0, 0.05) is 24.8 Å². The van der Waals surface area contributed by atoms with E-state index in [-0.39, 0.29) is 11.8 Å². The molecule has 0 saturated heterocycles. The molecule has 0 fully saturated rings. The van der Waals surface area contributed by atoms with Crippen molar-refractivity contribution in [2.75, 3.05) is 12.4 Å². The molecule has 3 aromatic rings. The van der Waals surface area contributed by atoms with Gasteiger partial charge in [-0.1, -0.05) is 66.7 Å². The van der Waals surface area contributed by atoms with Crippen molar-refractivity contribution < 1.29 is 14.3 Å². The van der Waals surface area contributed by atoms with Gasteiger partial charge in [-0.25, -0.2) is 0 Å². The fraction of sp³-hybridized carbons (Fsp3) is 0.167. The van der Waals surface area contributed by atoms with Gasteiger partial charge in [0.05, 0.1) is 6.61 Å². The smallest absolute Gasteiger partial charge is 0.252 e. The number of hydrogen-bond donors (Lipinski definition) is 2. The monoisotopic (exact) mass is 388 g/mol. The van der Waals surface area contributed by atoms with E-state index in [4.69, 9.17) is 4.74 Å². The lowest BCUT2D eigenvalue weighted by molar-refractivity contribution is -0.118. The Balaban J connectivity index is 1.81. The number of amides is 2. The molecule has 0 radical (unpaired) electrons. The van der Waals surface area contributed by atoms with E-state index in [0.29, 0.717) is 24.3 Å². The fourth-order valence-corrected chi connectivity index (χ4v) is 3.07. The molecular weight excluding hydrogens is 364 g/mol. The standard InChI is InChI=1S/C24H24N2O3/c1-29-17-19-12-8-9-15-21(19)23(27)26-22(16-18-10-4-2-5-11-18)24(28)25-20-13-6-3-7-14-20/h2-15,22H,16-17H2,1H3,(H,25,28)(H,26,27). The van der Waals surface area contributed by atoms with Crippen LogP contribution in [0.3, 0.4) is 0 Å². The number of rotatable bonds is 8. The maximum Gasteiger partial charge on any atom is 0.252 e. The van der Waals surface area contributed by atoms with Crippen molar-refractivity contribution in [2.45, 2.75) is 19.1 Å². The number of carbonyl (C=O) groups is 2. The second kappa shape index (κ2) is 10.2. The topological polar surface area (TPSA) is 67.4 Å². The number of nitrogens with one attached hydrogen (secondary N) is 2. The highest BCUT2D eigenvalue weighted by Gasteiger charge is 2.23. The van der Waals surface area contributed by atoms with E-state index in [0.717, 1.165) is 11.1 Å². The van der Waals surface area contributed by atoms with Gasteiger partial charge in [-0.15, -0.1) is 0 Å². The number of carbonyl (C=O) groups excluding carboxylic acids is 2. The third kappa shape index (κ3) is 5.77. The minimum Gasteiger partial charge on any atom is -0.380 e. The molecule has 0 saturated carbocycles. The highest BCUT2D eigenvalue weighted by atomic mass is 16.5. The highest BCUT2D eigenvalue weighted by Crippen LogP contribution is 2.13. The Kier molecular flexibility index (Phi) is 7.14. The third-order valence-corrected chi connectivity index (χ3v) is 4.51. The van der Waals surface area contributed by atoms with Crippen LogP contribution in [-0.4, -0.2) is 25.0 Å². The molecule has 2 N–H and O–H groups in total. The molecule has 0 heterocycles. The Labute approximate surface area is 170 Å². The van der Waals surface area contributed by atoms with Gasteiger partial charge in [-0.2, -0.15) is 0 Å². The van der Waals surface area contributed by atoms with Crippen molar-refractivity contribution >= 4 is 17.5 Å². The van der Waals surface area contributed by atoms with Crippen LogP contribution in [0.25, 0.3) is 0 Å². The Morgan fingerprint density at radius 1 is 0.862 bits per heavy atom. The first-order valence-corrected chi connectivity index (χ1v) is 9.45. The van der Waals surface area contributed by atoms with Crippen molar-refractivity contribution in [1.29, 1.82) is 0 Å². The van der Waals surface area contributed by atoms with Crippen LogP contribution in [0, 0.1) is 0 Å². The summed E-state index contributed by atoms with van der Waals surface area (Å²) in [6.07, 6.45) is 0.387. The van der Waals surface area contributed by atoms with Crippen LogP contribution in [0.5, 0.6) is 0 Å². The van der Waals surface area contributed by atoms with Crippen molar-refractivity contribution in [3.63, 3.8) is 0 Å². The summed E-state index contributed by atoms with van der Waals surface area (Å²) in [7, 11) is 1.58. The maximum absolute atomic E-state index is 13.0. The van der Waals surface area contributed by atoms with E-state index in [1.807, 2.05) is 72.8 Å². The molecule has 148 valence electrons. The molecule has 0 aromatic heterocycles. The van der Waals surface area contributed by atoms with Crippen molar-refractivity contribution in [1.82, 2.24) is 5.32 Å². The van der Waals surface area contributed by atoms with Crippen LogP contribution in [0.1, 0.15) is 21.5 Å². The fourth-order valence-electron chi connectivity index (χ4n) is 3.07. The lowest BCUT2D eigenvalue weighted by Crippen LogP contribution is -2.45. The third-order valence-electron chi connectivity index (χ3n) is 4.51. The molecule has 5 heteroatoms. The average molecular weight is 388 g/mol. The van der Waals surface area contributed by atoms with Gasteiger partial charge >= 0.3 is 0 Å². The molecular formula is C24H24N2O3. The summed E-state index contributed by atoms with van der Waals surface area (Å²) in [6, 6.07) is 25.3. The number of anilines is 1. The quantitative estimate of drug-likeness (QED) is 0.617. The summed E-state index contributed by atoms with van der Waals surface area (Å²) in [6.45, 7) is 0.323. The van der Waals surface area contributed by atoms with Crippen LogP contribution >= 0.6 is 0 Å². The van der Waals surface area contributed by atoms with E-state index in [1.54, 1.807) is 19.2 Å². The van der Waals surface area contributed by atoms with E-state index in [2.05, 4.69) is 10.6 Å². The summed E-state index contributed by atoms with van der Waals surface area (Å²) >= 11 is 0. The maximum atomic E-state index is 13.0. The zero-order chi connectivity index (χ0) is 20.5. The van der Waals surface area contributed by atoms with E-state index in [9.17, 15) is 9.59 Å². The second-order valence-corrected chi connectivity index (χ2v) is 6.66. The normalized spacial score (nSPS) is 11.5. The molecule has 3 rings (SSSR count).